The van der Waals surface area contributed by atoms with Crippen molar-refractivity contribution in [2.75, 3.05) is 18.8 Å². The van der Waals surface area contributed by atoms with Crippen molar-refractivity contribution in [2.45, 2.75) is 50.0 Å². The number of carbonyl (C=O) groups excluding carboxylic acids is 1. The van der Waals surface area contributed by atoms with Crippen molar-refractivity contribution >= 4 is 29.4 Å². The predicted molar refractivity (Wildman–Crippen MR) is 105 cm³/mol. The molecule has 0 saturated heterocycles. The molecule has 7 heteroatoms. The summed E-state index contributed by atoms with van der Waals surface area (Å²) in [7, 11) is 0. The number of thioether (sulfide) groups is 2. The van der Waals surface area contributed by atoms with E-state index in [1.165, 1.54) is 22.2 Å². The normalized spacial score (nSPS) is 10.9. The first-order valence-electron chi connectivity index (χ1n) is 8.61. The van der Waals surface area contributed by atoms with Crippen molar-refractivity contribution in [1.29, 1.82) is 0 Å². The van der Waals surface area contributed by atoms with Gasteiger partial charge in [-0.15, -0.1) is 22.0 Å². The second-order valence-corrected chi connectivity index (χ2v) is 7.59. The molecule has 0 spiro atoms. The Morgan fingerprint density at radius 1 is 1.08 bits per heavy atom. The lowest BCUT2D eigenvalue weighted by molar-refractivity contribution is -0.127. The zero-order chi connectivity index (χ0) is 18.2. The third-order valence-corrected chi connectivity index (χ3v) is 5.90. The Labute approximate surface area is 158 Å². The summed E-state index contributed by atoms with van der Waals surface area (Å²) in [5, 5.41) is 9.44. The second-order valence-electron chi connectivity index (χ2n) is 5.60. The number of nitrogens with zero attached hydrogens (tertiary/aromatic N) is 4. The van der Waals surface area contributed by atoms with E-state index in [0.717, 1.165) is 36.4 Å². The maximum Gasteiger partial charge on any atom is 0.233 e. The molecule has 0 unspecified atom stereocenters. The first-order chi connectivity index (χ1) is 12.1. The first kappa shape index (κ1) is 19.8. The minimum absolute atomic E-state index is 0.149. The fraction of sp³-hybridized carbons (Fsp3) is 0.500. The minimum Gasteiger partial charge on any atom is -0.343 e. The van der Waals surface area contributed by atoms with Gasteiger partial charge in [-0.1, -0.05) is 29.5 Å². The Bertz CT molecular complexity index is 681. The SMILES string of the molecule is CCN(CC)C(=O)CSc1nnc(CSc2ccc(C)cc2)n1CC. The van der Waals surface area contributed by atoms with Crippen LogP contribution in [0.1, 0.15) is 32.2 Å². The molecule has 2 aromatic rings. The Balaban J connectivity index is 1.97. The van der Waals surface area contributed by atoms with Gasteiger partial charge in [0.25, 0.3) is 0 Å². The number of aromatic nitrogens is 3. The topological polar surface area (TPSA) is 51.0 Å². The lowest BCUT2D eigenvalue weighted by Gasteiger charge is -2.18. The van der Waals surface area contributed by atoms with Crippen LogP contribution >= 0.6 is 23.5 Å². The summed E-state index contributed by atoms with van der Waals surface area (Å²) in [5.74, 6) is 2.28. The van der Waals surface area contributed by atoms with E-state index in [0.29, 0.717) is 5.75 Å². The molecule has 0 N–H and O–H groups in total. The molecule has 0 atom stereocenters. The van der Waals surface area contributed by atoms with E-state index < -0.39 is 0 Å². The van der Waals surface area contributed by atoms with E-state index in [2.05, 4.69) is 52.9 Å². The summed E-state index contributed by atoms with van der Waals surface area (Å²) in [4.78, 5) is 15.2. The zero-order valence-corrected chi connectivity index (χ0v) is 17.0. The molecule has 5 nitrogen and oxygen atoms in total. The maximum absolute atomic E-state index is 12.2. The van der Waals surface area contributed by atoms with Gasteiger partial charge >= 0.3 is 0 Å². The standard InChI is InChI=1S/C18H26N4OS2/c1-5-21(6-2)17(23)13-25-18-20-19-16(22(18)7-3)12-24-15-10-8-14(4)9-11-15/h8-11H,5-7,12-13H2,1-4H3. The summed E-state index contributed by atoms with van der Waals surface area (Å²) in [6.07, 6.45) is 0. The molecule has 136 valence electrons. The van der Waals surface area contributed by atoms with Crippen LogP contribution in [0.4, 0.5) is 0 Å². The molecule has 1 aromatic carbocycles. The van der Waals surface area contributed by atoms with Gasteiger partial charge in [0, 0.05) is 24.5 Å². The van der Waals surface area contributed by atoms with Crippen molar-refractivity contribution in [1.82, 2.24) is 19.7 Å². The number of hydrogen-bond donors (Lipinski definition) is 0. The van der Waals surface area contributed by atoms with Gasteiger partial charge in [-0.3, -0.25) is 4.79 Å². The van der Waals surface area contributed by atoms with Crippen LogP contribution in [0.3, 0.4) is 0 Å². The highest BCUT2D eigenvalue weighted by atomic mass is 32.2. The van der Waals surface area contributed by atoms with Crippen molar-refractivity contribution in [3.05, 3.63) is 35.7 Å². The van der Waals surface area contributed by atoms with Gasteiger partial charge < -0.3 is 9.47 Å². The van der Waals surface area contributed by atoms with Gasteiger partial charge in [-0.25, -0.2) is 0 Å². The van der Waals surface area contributed by atoms with Gasteiger partial charge in [0.05, 0.1) is 11.5 Å². The van der Waals surface area contributed by atoms with Gasteiger partial charge in [0.2, 0.25) is 5.91 Å². The van der Waals surface area contributed by atoms with Gasteiger partial charge in [-0.05, 0) is 39.8 Å². The van der Waals surface area contributed by atoms with E-state index in [1.807, 2.05) is 18.7 Å². The number of aryl methyl sites for hydroxylation is 1. The molecule has 0 fully saturated rings. The Morgan fingerprint density at radius 2 is 1.76 bits per heavy atom. The third kappa shape index (κ3) is 5.51. The van der Waals surface area contributed by atoms with Crippen LogP contribution in [-0.4, -0.2) is 44.4 Å². The lowest BCUT2D eigenvalue weighted by Crippen LogP contribution is -2.31. The minimum atomic E-state index is 0.149. The highest BCUT2D eigenvalue weighted by Crippen LogP contribution is 2.25. The monoisotopic (exact) mass is 378 g/mol. The maximum atomic E-state index is 12.2. The van der Waals surface area contributed by atoms with Crippen molar-refractivity contribution in [2.24, 2.45) is 0 Å². The van der Waals surface area contributed by atoms with Crippen molar-refractivity contribution in [3.8, 4) is 0 Å². The molecule has 25 heavy (non-hydrogen) atoms. The fourth-order valence-electron chi connectivity index (χ4n) is 2.43. The highest BCUT2D eigenvalue weighted by Gasteiger charge is 2.15. The van der Waals surface area contributed by atoms with E-state index in [1.54, 1.807) is 11.8 Å². The Kier molecular flexibility index (Phi) is 7.84. The molecule has 2 rings (SSSR count). The van der Waals surface area contributed by atoms with E-state index in [9.17, 15) is 4.79 Å². The number of rotatable bonds is 9. The van der Waals surface area contributed by atoms with Crippen molar-refractivity contribution in [3.63, 3.8) is 0 Å². The molecule has 0 aliphatic carbocycles. The van der Waals surface area contributed by atoms with Crippen LogP contribution in [0.25, 0.3) is 0 Å². The van der Waals surface area contributed by atoms with Crippen LogP contribution in [-0.2, 0) is 17.1 Å². The van der Waals surface area contributed by atoms with Gasteiger partial charge in [0.15, 0.2) is 5.16 Å². The van der Waals surface area contributed by atoms with Crippen LogP contribution in [0.2, 0.25) is 0 Å². The summed E-state index contributed by atoms with van der Waals surface area (Å²) >= 11 is 3.23. The quantitative estimate of drug-likeness (QED) is 0.620. The molecule has 1 aromatic heterocycles. The zero-order valence-electron chi connectivity index (χ0n) is 15.4. The van der Waals surface area contributed by atoms with E-state index in [-0.39, 0.29) is 5.91 Å². The van der Waals surface area contributed by atoms with Gasteiger partial charge in [0.1, 0.15) is 5.82 Å². The second kappa shape index (κ2) is 9.87. The Morgan fingerprint density at radius 3 is 2.36 bits per heavy atom. The van der Waals surface area contributed by atoms with Crippen LogP contribution in [0.15, 0.2) is 34.3 Å². The number of carbonyl (C=O) groups is 1. The molecule has 0 aliphatic rings. The van der Waals surface area contributed by atoms with Crippen LogP contribution in [0, 0.1) is 6.92 Å². The fourth-order valence-corrected chi connectivity index (χ4v) is 4.19. The lowest BCUT2D eigenvalue weighted by atomic mass is 10.2. The number of amides is 1. The number of hydrogen-bond acceptors (Lipinski definition) is 5. The molecule has 0 saturated carbocycles. The van der Waals surface area contributed by atoms with E-state index in [4.69, 9.17) is 0 Å². The summed E-state index contributed by atoms with van der Waals surface area (Å²) in [5.41, 5.74) is 1.26. The first-order valence-corrected chi connectivity index (χ1v) is 10.6. The van der Waals surface area contributed by atoms with Crippen LogP contribution in [0.5, 0.6) is 0 Å². The largest absolute Gasteiger partial charge is 0.343 e. The van der Waals surface area contributed by atoms with Crippen molar-refractivity contribution < 1.29 is 4.79 Å². The summed E-state index contributed by atoms with van der Waals surface area (Å²) < 4.78 is 2.10. The molecule has 0 bridgehead atoms. The van der Waals surface area contributed by atoms with Gasteiger partial charge in [-0.2, -0.15) is 0 Å². The average Bonchev–Trinajstić information content (AvgIpc) is 3.02. The Hall–Kier alpha value is -1.47. The smallest absolute Gasteiger partial charge is 0.233 e. The molecule has 1 amide bonds. The predicted octanol–water partition coefficient (Wildman–Crippen LogP) is 3.86. The molecule has 0 radical (unpaired) electrons. The third-order valence-electron chi connectivity index (χ3n) is 3.94. The van der Waals surface area contributed by atoms with E-state index >= 15 is 0 Å². The number of benzene rings is 1. The molecular weight excluding hydrogens is 352 g/mol. The summed E-state index contributed by atoms with van der Waals surface area (Å²) in [6.45, 7) is 10.5. The average molecular weight is 379 g/mol. The summed E-state index contributed by atoms with van der Waals surface area (Å²) in [6, 6.07) is 8.50. The molecule has 1 heterocycles. The molecule has 0 aliphatic heterocycles. The highest BCUT2D eigenvalue weighted by molar-refractivity contribution is 7.99. The molecular formula is C18H26N4OS2. The van der Waals surface area contributed by atoms with Crippen LogP contribution < -0.4 is 0 Å².